The molecule has 35 heavy (non-hydrogen) atoms. The molecule has 0 fully saturated rings. The molecule has 0 aliphatic rings. The van der Waals surface area contributed by atoms with Crippen LogP contribution in [0.15, 0.2) is 65.8 Å². The first-order chi connectivity index (χ1) is 16.7. The van der Waals surface area contributed by atoms with E-state index in [-0.39, 0.29) is 29.4 Å². The van der Waals surface area contributed by atoms with Gasteiger partial charge in [0, 0.05) is 28.2 Å². The normalized spacial score (nSPS) is 11.5. The molecule has 0 radical (unpaired) electrons. The van der Waals surface area contributed by atoms with Gasteiger partial charge in [0.05, 0.1) is 11.3 Å². The van der Waals surface area contributed by atoms with Crippen LogP contribution in [0.5, 0.6) is 5.75 Å². The quantitative estimate of drug-likeness (QED) is 0.305. The third-order valence-corrected chi connectivity index (χ3v) is 6.46. The van der Waals surface area contributed by atoms with Gasteiger partial charge in [0.1, 0.15) is 23.4 Å². The van der Waals surface area contributed by atoms with Crippen molar-refractivity contribution in [1.29, 1.82) is 0 Å². The Balaban J connectivity index is 1.64. The van der Waals surface area contributed by atoms with Crippen molar-refractivity contribution >= 4 is 52.8 Å². The summed E-state index contributed by atoms with van der Waals surface area (Å²) >= 11 is 13.2. The topological polar surface area (TPSA) is 126 Å². The number of nitrogens with zero attached hydrogens (tertiary/aromatic N) is 1. The monoisotopic (exact) mass is 534 g/mol. The molecule has 0 aliphatic carbocycles. The molecule has 1 aromatic heterocycles. The van der Waals surface area contributed by atoms with Crippen molar-refractivity contribution in [2.75, 3.05) is 5.75 Å². The fourth-order valence-electron chi connectivity index (χ4n) is 3.03. The number of carboxylic acid groups (broad SMARTS) is 2. The number of benzene rings is 2. The minimum Gasteiger partial charge on any atom is -0.489 e. The summed E-state index contributed by atoms with van der Waals surface area (Å²) in [7, 11) is 0. The van der Waals surface area contributed by atoms with E-state index in [1.807, 2.05) is 0 Å². The van der Waals surface area contributed by atoms with Crippen LogP contribution in [0.3, 0.4) is 0 Å². The molecule has 1 heterocycles. The van der Waals surface area contributed by atoms with Crippen molar-refractivity contribution in [3.05, 3.63) is 87.5 Å². The highest BCUT2D eigenvalue weighted by molar-refractivity contribution is 7.99. The van der Waals surface area contributed by atoms with Gasteiger partial charge >= 0.3 is 11.9 Å². The van der Waals surface area contributed by atoms with Gasteiger partial charge in [-0.2, -0.15) is 0 Å². The predicted octanol–water partition coefficient (Wildman–Crippen LogP) is 4.57. The van der Waals surface area contributed by atoms with Gasteiger partial charge in [-0.1, -0.05) is 53.2 Å². The fraction of sp³-hybridized carbons (Fsp3) is 0.167. The summed E-state index contributed by atoms with van der Waals surface area (Å²) in [6.07, 6.45) is 1.45. The zero-order chi connectivity index (χ0) is 25.4. The highest BCUT2D eigenvalue weighted by atomic mass is 35.5. The van der Waals surface area contributed by atoms with E-state index in [2.05, 4.69) is 10.3 Å². The Morgan fingerprint density at radius 3 is 2.31 bits per heavy atom. The lowest BCUT2D eigenvalue weighted by Gasteiger charge is -2.16. The lowest BCUT2D eigenvalue weighted by Crippen LogP contribution is -2.42. The molecule has 2 aromatic carbocycles. The van der Waals surface area contributed by atoms with Crippen LogP contribution in [0.1, 0.15) is 21.5 Å². The van der Waals surface area contributed by atoms with Crippen LogP contribution in [0.2, 0.25) is 10.0 Å². The van der Waals surface area contributed by atoms with Crippen LogP contribution in [0, 0.1) is 0 Å². The molecule has 3 rings (SSSR count). The lowest BCUT2D eigenvalue weighted by molar-refractivity contribution is -0.139. The van der Waals surface area contributed by atoms with E-state index in [9.17, 15) is 19.5 Å². The number of hydrogen-bond donors (Lipinski definition) is 3. The van der Waals surface area contributed by atoms with E-state index >= 15 is 0 Å². The smallest absolute Gasteiger partial charge is 0.326 e. The number of aromatic nitrogens is 1. The number of carbonyl (C=O) groups is 3. The van der Waals surface area contributed by atoms with E-state index in [4.69, 9.17) is 33.0 Å². The molecule has 0 spiro atoms. The Bertz CT molecular complexity index is 1200. The molecule has 182 valence electrons. The van der Waals surface area contributed by atoms with Crippen LogP contribution in [-0.2, 0) is 22.6 Å². The Labute approximate surface area is 215 Å². The maximum absolute atomic E-state index is 12.7. The number of thioether (sulfide) groups is 1. The number of carbonyl (C=O) groups excluding carboxylic acids is 1. The van der Waals surface area contributed by atoms with Gasteiger partial charge in [-0.15, -0.1) is 0 Å². The van der Waals surface area contributed by atoms with Crippen LogP contribution < -0.4 is 10.1 Å². The molecular weight excluding hydrogens is 515 g/mol. The molecule has 0 saturated carbocycles. The summed E-state index contributed by atoms with van der Waals surface area (Å²) in [5, 5.41) is 22.2. The number of ether oxygens (including phenoxy) is 1. The molecule has 8 nitrogen and oxygen atoms in total. The van der Waals surface area contributed by atoms with Crippen molar-refractivity contribution in [2.45, 2.75) is 24.1 Å². The zero-order valence-electron chi connectivity index (χ0n) is 18.1. The van der Waals surface area contributed by atoms with Gasteiger partial charge in [0.15, 0.2) is 0 Å². The molecule has 0 saturated heterocycles. The number of rotatable bonds is 11. The first kappa shape index (κ1) is 26.3. The largest absolute Gasteiger partial charge is 0.489 e. The summed E-state index contributed by atoms with van der Waals surface area (Å²) < 4.78 is 5.73. The van der Waals surface area contributed by atoms with E-state index in [0.717, 1.165) is 11.8 Å². The van der Waals surface area contributed by atoms with Crippen LogP contribution in [0.25, 0.3) is 0 Å². The van der Waals surface area contributed by atoms with Crippen molar-refractivity contribution < 1.29 is 29.3 Å². The summed E-state index contributed by atoms with van der Waals surface area (Å²) in [5.74, 6) is -2.67. The first-order valence-electron chi connectivity index (χ1n) is 10.2. The predicted molar refractivity (Wildman–Crippen MR) is 132 cm³/mol. The van der Waals surface area contributed by atoms with E-state index < -0.39 is 23.9 Å². The van der Waals surface area contributed by atoms with Gasteiger partial charge in [-0.05, 0) is 42.0 Å². The Morgan fingerprint density at radius 1 is 1.00 bits per heavy atom. The maximum Gasteiger partial charge on any atom is 0.326 e. The fourth-order valence-corrected chi connectivity index (χ4v) is 4.25. The molecule has 1 amide bonds. The van der Waals surface area contributed by atoms with E-state index in [1.54, 1.807) is 42.5 Å². The number of hydrogen-bond acceptors (Lipinski definition) is 6. The molecule has 0 aliphatic heterocycles. The van der Waals surface area contributed by atoms with E-state index in [1.165, 1.54) is 18.3 Å². The number of carboxylic acids is 2. The maximum atomic E-state index is 12.7. The minimum absolute atomic E-state index is 0.0234. The van der Waals surface area contributed by atoms with Crippen molar-refractivity contribution in [2.24, 2.45) is 0 Å². The van der Waals surface area contributed by atoms with Crippen molar-refractivity contribution in [3.63, 3.8) is 0 Å². The zero-order valence-corrected chi connectivity index (χ0v) is 20.4. The highest BCUT2D eigenvalue weighted by Gasteiger charge is 2.23. The molecule has 0 bridgehead atoms. The second-order valence-electron chi connectivity index (χ2n) is 7.24. The number of nitrogens with one attached hydrogen (secondary N) is 1. The summed E-state index contributed by atoms with van der Waals surface area (Å²) in [6, 6.07) is 13.7. The molecule has 11 heteroatoms. The Hall–Kier alpha value is -3.27. The molecule has 1 unspecified atom stereocenters. The Morgan fingerprint density at radius 2 is 1.69 bits per heavy atom. The van der Waals surface area contributed by atoms with Gasteiger partial charge in [-0.3, -0.25) is 9.59 Å². The van der Waals surface area contributed by atoms with E-state index in [0.29, 0.717) is 26.9 Å². The Kier molecular flexibility index (Phi) is 9.36. The van der Waals surface area contributed by atoms with Crippen LogP contribution >= 0.6 is 35.0 Å². The number of pyridine rings is 1. The number of amides is 1. The first-order valence-corrected chi connectivity index (χ1v) is 12.0. The standard InChI is InChI=1S/C24H20Cl2N2O6S/c25-18-4-1-5-19(26)17(18)12-34-15-8-6-14(7-9-15)11-20(24(32)33)28-22(31)16-3-2-10-27-23(16)35-13-21(29)30/h1-10,20H,11-13H2,(H,28,31)(H,29,30)(H,32,33). The summed E-state index contributed by atoms with van der Waals surface area (Å²) in [6.45, 7) is 0.166. The van der Waals surface area contributed by atoms with Gasteiger partial charge < -0.3 is 20.3 Å². The van der Waals surface area contributed by atoms with Gasteiger partial charge in [-0.25, -0.2) is 9.78 Å². The molecular formula is C24H20Cl2N2O6S. The van der Waals surface area contributed by atoms with Crippen LogP contribution in [0.4, 0.5) is 0 Å². The average Bonchev–Trinajstić information content (AvgIpc) is 2.83. The number of halogens is 2. The lowest BCUT2D eigenvalue weighted by atomic mass is 10.1. The second kappa shape index (κ2) is 12.4. The van der Waals surface area contributed by atoms with Gasteiger partial charge in [0.25, 0.3) is 5.91 Å². The summed E-state index contributed by atoms with van der Waals surface area (Å²) in [5.41, 5.74) is 1.42. The van der Waals surface area contributed by atoms with Crippen molar-refractivity contribution in [1.82, 2.24) is 10.3 Å². The third-order valence-electron chi connectivity index (χ3n) is 4.76. The van der Waals surface area contributed by atoms with Gasteiger partial charge in [0.2, 0.25) is 0 Å². The highest BCUT2D eigenvalue weighted by Crippen LogP contribution is 2.26. The minimum atomic E-state index is -1.21. The molecule has 3 aromatic rings. The van der Waals surface area contributed by atoms with Crippen LogP contribution in [-0.4, -0.2) is 44.8 Å². The van der Waals surface area contributed by atoms with Crippen molar-refractivity contribution in [3.8, 4) is 5.75 Å². The molecule has 1 atom stereocenters. The summed E-state index contributed by atoms with van der Waals surface area (Å²) in [4.78, 5) is 39.4. The number of aliphatic carboxylic acids is 2. The SMILES string of the molecule is O=C(O)CSc1ncccc1C(=O)NC(Cc1ccc(OCc2c(Cl)cccc2Cl)cc1)C(=O)O. The second-order valence-corrected chi connectivity index (χ2v) is 9.02. The molecule has 3 N–H and O–H groups in total. The average molecular weight is 535 g/mol. The third kappa shape index (κ3) is 7.61.